The first-order chi connectivity index (χ1) is 9.67. The lowest BCUT2D eigenvalue weighted by Crippen LogP contribution is -2.46. The van der Waals surface area contributed by atoms with Crippen LogP contribution in [-0.2, 0) is 10.0 Å². The van der Waals surface area contributed by atoms with Gasteiger partial charge in [0.1, 0.15) is 0 Å². The Hall–Kier alpha value is -1.14. The quantitative estimate of drug-likeness (QED) is 0.894. The zero-order chi connectivity index (χ0) is 15.5. The lowest BCUT2D eigenvalue weighted by molar-refractivity contribution is 0.130. The fourth-order valence-corrected chi connectivity index (χ4v) is 5.53. The molecule has 0 spiro atoms. The number of aromatic amines is 1. The van der Waals surface area contributed by atoms with Gasteiger partial charge in [-0.2, -0.15) is 0 Å². The molecule has 5 nitrogen and oxygen atoms in total. The minimum absolute atomic E-state index is 0.00702. The SMILES string of the molecule is CC1(C)C2CCC1(C)C(NS(=O)(=O)c1ccc(=O)[nH]c1)C2. The van der Waals surface area contributed by atoms with Gasteiger partial charge in [-0.3, -0.25) is 4.79 Å². The second-order valence-corrected chi connectivity index (χ2v) is 8.89. The Labute approximate surface area is 125 Å². The maximum absolute atomic E-state index is 12.5. The number of aromatic nitrogens is 1. The van der Waals surface area contributed by atoms with E-state index in [2.05, 4.69) is 30.5 Å². The van der Waals surface area contributed by atoms with Crippen molar-refractivity contribution in [2.24, 2.45) is 16.7 Å². The first-order valence-electron chi connectivity index (χ1n) is 7.38. The van der Waals surface area contributed by atoms with E-state index in [1.165, 1.54) is 24.8 Å². The van der Waals surface area contributed by atoms with Gasteiger partial charge < -0.3 is 4.98 Å². The van der Waals surface area contributed by atoms with E-state index in [1.807, 2.05) is 0 Å². The third kappa shape index (κ3) is 2.07. The molecule has 2 aliphatic rings. The van der Waals surface area contributed by atoms with Gasteiger partial charge in [0.05, 0.1) is 4.90 Å². The Morgan fingerprint density at radius 1 is 1.29 bits per heavy atom. The molecule has 1 aromatic heterocycles. The zero-order valence-corrected chi connectivity index (χ0v) is 13.5. The van der Waals surface area contributed by atoms with E-state index in [4.69, 9.17) is 0 Å². The zero-order valence-electron chi connectivity index (χ0n) is 12.6. The molecule has 0 saturated heterocycles. The predicted octanol–water partition coefficient (Wildman–Crippen LogP) is 1.87. The summed E-state index contributed by atoms with van der Waals surface area (Å²) in [4.78, 5) is 13.6. The van der Waals surface area contributed by atoms with E-state index in [0.29, 0.717) is 5.92 Å². The van der Waals surface area contributed by atoms with Crippen molar-refractivity contribution in [2.75, 3.05) is 0 Å². The van der Waals surface area contributed by atoms with Gasteiger partial charge in [-0.1, -0.05) is 20.8 Å². The number of hydrogen-bond donors (Lipinski definition) is 2. The minimum atomic E-state index is -3.59. The molecule has 2 fully saturated rings. The maximum Gasteiger partial charge on any atom is 0.247 e. The second kappa shape index (κ2) is 4.43. The number of H-pyrrole nitrogens is 1. The van der Waals surface area contributed by atoms with Crippen LogP contribution in [0.2, 0.25) is 0 Å². The van der Waals surface area contributed by atoms with Crippen LogP contribution >= 0.6 is 0 Å². The number of fused-ring (bicyclic) bond motifs is 2. The molecule has 0 radical (unpaired) electrons. The van der Waals surface area contributed by atoms with Gasteiger partial charge in [0.15, 0.2) is 0 Å². The summed E-state index contributed by atoms with van der Waals surface area (Å²) in [6.45, 7) is 6.69. The molecule has 6 heteroatoms. The fourth-order valence-electron chi connectivity index (χ4n) is 4.20. The van der Waals surface area contributed by atoms with E-state index in [9.17, 15) is 13.2 Å². The number of nitrogens with one attached hydrogen (secondary N) is 2. The van der Waals surface area contributed by atoms with E-state index < -0.39 is 10.0 Å². The van der Waals surface area contributed by atoms with Crippen LogP contribution in [-0.4, -0.2) is 19.4 Å². The molecule has 3 rings (SSSR count). The monoisotopic (exact) mass is 310 g/mol. The molecule has 0 aliphatic heterocycles. The van der Waals surface area contributed by atoms with E-state index >= 15 is 0 Å². The van der Waals surface area contributed by atoms with Gasteiger partial charge in [-0.05, 0) is 42.1 Å². The highest BCUT2D eigenvalue weighted by molar-refractivity contribution is 7.89. The summed E-state index contributed by atoms with van der Waals surface area (Å²) in [5.41, 5.74) is -0.153. The van der Waals surface area contributed by atoms with Crippen molar-refractivity contribution in [3.05, 3.63) is 28.7 Å². The molecule has 2 saturated carbocycles. The maximum atomic E-state index is 12.5. The highest BCUT2D eigenvalue weighted by Gasteiger charge is 2.61. The summed E-state index contributed by atoms with van der Waals surface area (Å²) >= 11 is 0. The molecule has 1 aromatic rings. The third-order valence-corrected chi connectivity index (χ3v) is 7.63. The molecule has 21 heavy (non-hydrogen) atoms. The molecule has 2 aliphatic carbocycles. The van der Waals surface area contributed by atoms with Crippen LogP contribution in [0.25, 0.3) is 0 Å². The molecule has 2 bridgehead atoms. The van der Waals surface area contributed by atoms with Gasteiger partial charge in [-0.25, -0.2) is 13.1 Å². The summed E-state index contributed by atoms with van der Waals surface area (Å²) in [6.07, 6.45) is 4.39. The molecule has 0 amide bonds. The standard InChI is InChI=1S/C15H22N2O3S/c1-14(2)10-6-7-15(14,3)12(8-10)17-21(19,20)11-4-5-13(18)16-9-11/h4-5,9-10,12,17H,6-8H2,1-3H3,(H,16,18). The smallest absolute Gasteiger partial charge is 0.247 e. The molecular formula is C15H22N2O3S. The molecule has 0 aromatic carbocycles. The Morgan fingerprint density at radius 2 is 2.00 bits per heavy atom. The fraction of sp³-hybridized carbons (Fsp3) is 0.667. The van der Waals surface area contributed by atoms with Crippen LogP contribution in [0, 0.1) is 16.7 Å². The highest BCUT2D eigenvalue weighted by atomic mass is 32.2. The van der Waals surface area contributed by atoms with Gasteiger partial charge in [-0.15, -0.1) is 0 Å². The first kappa shape index (κ1) is 14.8. The summed E-state index contributed by atoms with van der Waals surface area (Å²) < 4.78 is 27.9. The van der Waals surface area contributed by atoms with Gasteiger partial charge in [0.2, 0.25) is 15.6 Å². The van der Waals surface area contributed by atoms with Crippen molar-refractivity contribution in [1.29, 1.82) is 0 Å². The molecule has 2 N–H and O–H groups in total. The van der Waals surface area contributed by atoms with Crippen molar-refractivity contribution < 1.29 is 8.42 Å². The van der Waals surface area contributed by atoms with E-state index in [0.717, 1.165) is 12.8 Å². The number of pyridine rings is 1. The van der Waals surface area contributed by atoms with Crippen LogP contribution < -0.4 is 10.3 Å². The van der Waals surface area contributed by atoms with Crippen LogP contribution in [0.1, 0.15) is 40.0 Å². The van der Waals surface area contributed by atoms with Crippen molar-refractivity contribution in [3.63, 3.8) is 0 Å². The Kier molecular flexibility index (Phi) is 3.12. The van der Waals surface area contributed by atoms with E-state index in [1.54, 1.807) is 0 Å². The predicted molar refractivity (Wildman–Crippen MR) is 80.4 cm³/mol. The summed E-state index contributed by atoms with van der Waals surface area (Å²) in [5.74, 6) is 0.575. The van der Waals surface area contributed by atoms with Crippen molar-refractivity contribution in [3.8, 4) is 0 Å². The lowest BCUT2D eigenvalue weighted by Gasteiger charge is -2.39. The molecule has 3 atom stereocenters. The van der Waals surface area contributed by atoms with Crippen molar-refractivity contribution in [2.45, 2.75) is 51.0 Å². The average Bonchev–Trinajstić information content (AvgIpc) is 2.72. The highest BCUT2D eigenvalue weighted by Crippen LogP contribution is 2.65. The molecular weight excluding hydrogens is 288 g/mol. The number of sulfonamides is 1. The minimum Gasteiger partial charge on any atom is -0.328 e. The number of rotatable bonds is 3. The van der Waals surface area contributed by atoms with E-state index in [-0.39, 0.29) is 27.3 Å². The Morgan fingerprint density at radius 3 is 2.48 bits per heavy atom. The molecule has 116 valence electrons. The van der Waals surface area contributed by atoms with Gasteiger partial charge in [0, 0.05) is 18.3 Å². The Bertz CT molecular complexity index is 702. The van der Waals surface area contributed by atoms with Crippen LogP contribution in [0.3, 0.4) is 0 Å². The second-order valence-electron chi connectivity index (χ2n) is 7.17. The normalized spacial score (nSPS) is 34.2. The van der Waals surface area contributed by atoms with Crippen LogP contribution in [0.4, 0.5) is 0 Å². The van der Waals surface area contributed by atoms with Crippen LogP contribution in [0.15, 0.2) is 28.0 Å². The molecule has 3 unspecified atom stereocenters. The Balaban J connectivity index is 1.88. The third-order valence-electron chi connectivity index (χ3n) is 6.16. The lowest BCUT2D eigenvalue weighted by atomic mass is 9.69. The summed E-state index contributed by atoms with van der Waals surface area (Å²) in [7, 11) is -3.59. The average molecular weight is 310 g/mol. The topological polar surface area (TPSA) is 79.0 Å². The van der Waals surface area contributed by atoms with Crippen molar-refractivity contribution >= 4 is 10.0 Å². The van der Waals surface area contributed by atoms with Crippen LogP contribution in [0.5, 0.6) is 0 Å². The first-order valence-corrected chi connectivity index (χ1v) is 8.86. The van der Waals surface area contributed by atoms with Crippen molar-refractivity contribution in [1.82, 2.24) is 9.71 Å². The van der Waals surface area contributed by atoms with Gasteiger partial charge >= 0.3 is 0 Å². The largest absolute Gasteiger partial charge is 0.328 e. The van der Waals surface area contributed by atoms with Gasteiger partial charge in [0.25, 0.3) is 0 Å². The number of hydrogen-bond acceptors (Lipinski definition) is 3. The molecule has 1 heterocycles. The summed E-state index contributed by atoms with van der Waals surface area (Å²) in [5, 5.41) is 0. The summed E-state index contributed by atoms with van der Waals surface area (Å²) in [6, 6.07) is 2.55.